The molecular formula is C14H21NO3. The van der Waals surface area contributed by atoms with Gasteiger partial charge in [-0.3, -0.25) is 9.63 Å². The quantitative estimate of drug-likeness (QED) is 0.791. The largest absolute Gasteiger partial charge is 0.491 e. The van der Waals surface area contributed by atoms with Crippen LogP contribution in [0.2, 0.25) is 0 Å². The number of carbonyl (C=O) groups is 1. The maximum Gasteiger partial charge on any atom is 0.274 e. The lowest BCUT2D eigenvalue weighted by molar-refractivity contribution is 0.0208. The summed E-state index contributed by atoms with van der Waals surface area (Å²) in [6, 6.07) is 7.04. The number of rotatable bonds is 6. The number of ether oxygens (including phenoxy) is 1. The van der Waals surface area contributed by atoms with E-state index in [2.05, 4.69) is 5.48 Å². The van der Waals surface area contributed by atoms with Gasteiger partial charge in [0.05, 0.1) is 12.7 Å². The number of nitrogens with one attached hydrogen (secondary N) is 1. The number of amides is 1. The van der Waals surface area contributed by atoms with Gasteiger partial charge in [0.15, 0.2) is 0 Å². The molecule has 0 bridgehead atoms. The standard InChI is InChI=1S/C14H21NO3/c1-10(2)9-17-15-14(16)12-6-5-7-13(8-12)18-11(3)4/h5-8,10-11H,9H2,1-4H3,(H,15,16). The molecule has 0 saturated heterocycles. The van der Waals surface area contributed by atoms with E-state index in [1.165, 1.54) is 0 Å². The molecule has 0 radical (unpaired) electrons. The number of hydrogen-bond donors (Lipinski definition) is 1. The molecule has 4 heteroatoms. The molecule has 0 heterocycles. The Morgan fingerprint density at radius 3 is 2.61 bits per heavy atom. The van der Waals surface area contributed by atoms with Crippen LogP contribution in [0.15, 0.2) is 24.3 Å². The average Bonchev–Trinajstić information content (AvgIpc) is 2.27. The maximum absolute atomic E-state index is 11.8. The summed E-state index contributed by atoms with van der Waals surface area (Å²) in [5, 5.41) is 0. The van der Waals surface area contributed by atoms with E-state index in [4.69, 9.17) is 9.57 Å². The van der Waals surface area contributed by atoms with E-state index >= 15 is 0 Å². The molecule has 4 nitrogen and oxygen atoms in total. The molecule has 0 saturated carbocycles. The van der Waals surface area contributed by atoms with E-state index in [0.717, 1.165) is 0 Å². The molecule has 0 aliphatic rings. The highest BCUT2D eigenvalue weighted by Crippen LogP contribution is 2.14. The first-order valence-corrected chi connectivity index (χ1v) is 6.18. The summed E-state index contributed by atoms with van der Waals surface area (Å²) in [7, 11) is 0. The number of benzene rings is 1. The first kappa shape index (κ1) is 14.5. The molecule has 0 aliphatic carbocycles. The molecule has 0 fully saturated rings. The van der Waals surface area contributed by atoms with E-state index in [-0.39, 0.29) is 12.0 Å². The third-order valence-corrected chi connectivity index (χ3v) is 2.05. The molecule has 100 valence electrons. The van der Waals surface area contributed by atoms with Crippen LogP contribution in [0.25, 0.3) is 0 Å². The van der Waals surface area contributed by atoms with Crippen LogP contribution in [-0.2, 0) is 4.84 Å². The highest BCUT2D eigenvalue weighted by Gasteiger charge is 2.07. The van der Waals surface area contributed by atoms with Crippen LogP contribution in [-0.4, -0.2) is 18.6 Å². The lowest BCUT2D eigenvalue weighted by atomic mass is 10.2. The van der Waals surface area contributed by atoms with Crippen LogP contribution in [0.5, 0.6) is 5.75 Å². The summed E-state index contributed by atoms with van der Waals surface area (Å²) in [4.78, 5) is 16.9. The van der Waals surface area contributed by atoms with Gasteiger partial charge in [0.2, 0.25) is 0 Å². The smallest absolute Gasteiger partial charge is 0.274 e. The van der Waals surface area contributed by atoms with E-state index in [0.29, 0.717) is 23.8 Å². The van der Waals surface area contributed by atoms with Gasteiger partial charge in [0.25, 0.3) is 5.91 Å². The van der Waals surface area contributed by atoms with Crippen molar-refractivity contribution in [1.29, 1.82) is 0 Å². The van der Waals surface area contributed by atoms with Gasteiger partial charge < -0.3 is 4.74 Å². The van der Waals surface area contributed by atoms with E-state index in [1.54, 1.807) is 18.2 Å². The van der Waals surface area contributed by atoms with Crippen LogP contribution in [0.4, 0.5) is 0 Å². The lowest BCUT2D eigenvalue weighted by Crippen LogP contribution is -2.25. The van der Waals surface area contributed by atoms with Crippen molar-refractivity contribution in [2.45, 2.75) is 33.8 Å². The minimum absolute atomic E-state index is 0.0838. The minimum Gasteiger partial charge on any atom is -0.491 e. The molecule has 0 atom stereocenters. The third-order valence-electron chi connectivity index (χ3n) is 2.05. The molecule has 1 N–H and O–H groups in total. The summed E-state index contributed by atoms with van der Waals surface area (Å²) >= 11 is 0. The van der Waals surface area contributed by atoms with Crippen molar-refractivity contribution in [1.82, 2.24) is 5.48 Å². The summed E-state index contributed by atoms with van der Waals surface area (Å²) in [6.45, 7) is 8.41. The minimum atomic E-state index is -0.259. The van der Waals surface area contributed by atoms with Gasteiger partial charge in [-0.15, -0.1) is 0 Å². The second kappa shape index (κ2) is 7.01. The molecular weight excluding hydrogens is 230 g/mol. The van der Waals surface area contributed by atoms with Crippen molar-refractivity contribution in [2.75, 3.05) is 6.61 Å². The average molecular weight is 251 g/mol. The fraction of sp³-hybridized carbons (Fsp3) is 0.500. The van der Waals surface area contributed by atoms with Gasteiger partial charge in [-0.25, -0.2) is 5.48 Å². The predicted octanol–water partition coefficient (Wildman–Crippen LogP) is 2.79. The maximum atomic E-state index is 11.8. The second-order valence-electron chi connectivity index (χ2n) is 4.83. The molecule has 1 rings (SSSR count). The van der Waals surface area contributed by atoms with Crippen molar-refractivity contribution in [3.05, 3.63) is 29.8 Å². The fourth-order valence-electron chi connectivity index (χ4n) is 1.32. The van der Waals surface area contributed by atoms with Crippen molar-refractivity contribution in [2.24, 2.45) is 5.92 Å². The Kier molecular flexibility index (Phi) is 5.65. The number of hydrogen-bond acceptors (Lipinski definition) is 3. The highest BCUT2D eigenvalue weighted by molar-refractivity contribution is 5.93. The SMILES string of the molecule is CC(C)CONC(=O)c1cccc(OC(C)C)c1. The van der Waals surface area contributed by atoms with Crippen LogP contribution < -0.4 is 10.2 Å². The van der Waals surface area contributed by atoms with Crippen LogP contribution in [0, 0.1) is 5.92 Å². The Bertz CT molecular complexity index is 388. The fourth-order valence-corrected chi connectivity index (χ4v) is 1.32. The van der Waals surface area contributed by atoms with Crippen LogP contribution >= 0.6 is 0 Å². The molecule has 0 unspecified atom stereocenters. The van der Waals surface area contributed by atoms with Crippen LogP contribution in [0.1, 0.15) is 38.1 Å². The van der Waals surface area contributed by atoms with Gasteiger partial charge in [-0.05, 0) is 38.0 Å². The summed E-state index contributed by atoms with van der Waals surface area (Å²) in [5.41, 5.74) is 2.94. The zero-order valence-electron chi connectivity index (χ0n) is 11.4. The van der Waals surface area contributed by atoms with Crippen molar-refractivity contribution < 1.29 is 14.4 Å². The van der Waals surface area contributed by atoms with Gasteiger partial charge in [0, 0.05) is 5.56 Å². The summed E-state index contributed by atoms with van der Waals surface area (Å²) < 4.78 is 5.53. The van der Waals surface area contributed by atoms with Crippen LogP contribution in [0.3, 0.4) is 0 Å². The Balaban J connectivity index is 2.57. The van der Waals surface area contributed by atoms with E-state index < -0.39 is 0 Å². The monoisotopic (exact) mass is 251 g/mol. The number of carbonyl (C=O) groups excluding carboxylic acids is 1. The third kappa shape index (κ3) is 5.19. The molecule has 18 heavy (non-hydrogen) atoms. The topological polar surface area (TPSA) is 47.6 Å². The van der Waals surface area contributed by atoms with E-state index in [1.807, 2.05) is 33.8 Å². The molecule has 1 aromatic carbocycles. The second-order valence-corrected chi connectivity index (χ2v) is 4.83. The first-order chi connectivity index (χ1) is 8.49. The van der Waals surface area contributed by atoms with E-state index in [9.17, 15) is 4.79 Å². The zero-order valence-corrected chi connectivity index (χ0v) is 11.4. The predicted molar refractivity (Wildman–Crippen MR) is 70.5 cm³/mol. The summed E-state index contributed by atoms with van der Waals surface area (Å²) in [5.74, 6) is 0.798. The van der Waals surface area contributed by atoms with Gasteiger partial charge in [-0.1, -0.05) is 19.9 Å². The number of hydroxylamine groups is 1. The molecule has 0 aliphatic heterocycles. The molecule has 0 aromatic heterocycles. The zero-order chi connectivity index (χ0) is 13.5. The van der Waals surface area contributed by atoms with Crippen molar-refractivity contribution >= 4 is 5.91 Å². The Morgan fingerprint density at radius 2 is 2.00 bits per heavy atom. The summed E-state index contributed by atoms with van der Waals surface area (Å²) in [6.07, 6.45) is 0.0838. The Labute approximate surface area is 108 Å². The first-order valence-electron chi connectivity index (χ1n) is 6.18. The van der Waals surface area contributed by atoms with Crippen molar-refractivity contribution in [3.63, 3.8) is 0 Å². The van der Waals surface area contributed by atoms with Crippen molar-refractivity contribution in [3.8, 4) is 5.75 Å². The van der Waals surface area contributed by atoms with Gasteiger partial charge in [0.1, 0.15) is 5.75 Å². The Hall–Kier alpha value is -1.55. The molecule has 0 spiro atoms. The Morgan fingerprint density at radius 1 is 1.28 bits per heavy atom. The van der Waals surface area contributed by atoms with Gasteiger partial charge in [-0.2, -0.15) is 0 Å². The molecule has 1 amide bonds. The highest BCUT2D eigenvalue weighted by atomic mass is 16.6. The molecule has 1 aromatic rings. The van der Waals surface area contributed by atoms with Gasteiger partial charge >= 0.3 is 0 Å². The normalized spacial score (nSPS) is 10.8. The lowest BCUT2D eigenvalue weighted by Gasteiger charge is -2.11.